The molecule has 0 radical (unpaired) electrons. The maximum atomic E-state index is 13.4. The Kier molecular flexibility index (Phi) is 3.32. The molecule has 0 atom stereocenters. The molecule has 0 spiro atoms. The maximum Gasteiger partial charge on any atom is 0.419 e. The van der Waals surface area contributed by atoms with Gasteiger partial charge >= 0.3 is 6.18 Å². The smallest absolute Gasteiger partial charge is 0.397 e. The third kappa shape index (κ3) is 2.63. The van der Waals surface area contributed by atoms with Crippen molar-refractivity contribution < 1.29 is 17.6 Å². The second-order valence-electron chi connectivity index (χ2n) is 4.87. The lowest BCUT2D eigenvalue weighted by atomic mass is 10.1. The van der Waals surface area contributed by atoms with Crippen molar-refractivity contribution in [2.24, 2.45) is 0 Å². The van der Waals surface area contributed by atoms with Crippen LogP contribution in [0.3, 0.4) is 0 Å². The predicted molar refractivity (Wildman–Crippen MR) is 78.8 cm³/mol. The molecule has 0 aliphatic heterocycles. The fraction of sp³-hybridized carbons (Fsp3) is 0.0667. The van der Waals surface area contributed by atoms with Gasteiger partial charge in [-0.05, 0) is 30.3 Å². The van der Waals surface area contributed by atoms with E-state index in [9.17, 15) is 17.6 Å². The Balaban J connectivity index is 2.23. The SMILES string of the molecule is Nc1nc(-c2ccc(F)c(C(F)(F)F)c2)nc2c(N)cccc12. The number of fused-ring (bicyclic) bond motifs is 1. The molecule has 0 unspecified atom stereocenters. The number of benzene rings is 2. The number of nitrogens with zero attached hydrogens (tertiary/aromatic N) is 2. The Morgan fingerprint density at radius 2 is 1.70 bits per heavy atom. The Hall–Kier alpha value is -2.90. The summed E-state index contributed by atoms with van der Waals surface area (Å²) in [6.45, 7) is 0. The van der Waals surface area contributed by atoms with Crippen LogP contribution in [0.1, 0.15) is 5.56 Å². The van der Waals surface area contributed by atoms with E-state index in [-0.39, 0.29) is 17.2 Å². The molecular weight excluding hydrogens is 312 g/mol. The zero-order valence-electron chi connectivity index (χ0n) is 11.5. The minimum absolute atomic E-state index is 0.00409. The normalized spacial score (nSPS) is 11.8. The van der Waals surface area contributed by atoms with E-state index in [0.29, 0.717) is 22.7 Å². The van der Waals surface area contributed by atoms with Crippen LogP contribution in [-0.2, 0) is 6.18 Å². The molecule has 23 heavy (non-hydrogen) atoms. The number of hydrogen-bond donors (Lipinski definition) is 2. The molecule has 1 heterocycles. The van der Waals surface area contributed by atoms with Gasteiger partial charge in [-0.1, -0.05) is 6.07 Å². The van der Waals surface area contributed by atoms with Gasteiger partial charge in [0, 0.05) is 10.9 Å². The van der Waals surface area contributed by atoms with Crippen molar-refractivity contribution in [1.29, 1.82) is 0 Å². The van der Waals surface area contributed by atoms with Gasteiger partial charge in [0.2, 0.25) is 0 Å². The van der Waals surface area contributed by atoms with E-state index in [1.807, 2.05) is 0 Å². The molecule has 0 amide bonds. The molecule has 3 rings (SSSR count). The van der Waals surface area contributed by atoms with Crippen LogP contribution in [0.4, 0.5) is 29.1 Å². The highest BCUT2D eigenvalue weighted by Crippen LogP contribution is 2.34. The van der Waals surface area contributed by atoms with Gasteiger partial charge in [0.05, 0.1) is 16.8 Å². The molecule has 0 aliphatic rings. The number of nitrogens with two attached hydrogens (primary N) is 2. The van der Waals surface area contributed by atoms with E-state index in [1.165, 1.54) is 0 Å². The first-order valence-electron chi connectivity index (χ1n) is 6.46. The first-order valence-corrected chi connectivity index (χ1v) is 6.46. The predicted octanol–water partition coefficient (Wildman–Crippen LogP) is 3.62. The van der Waals surface area contributed by atoms with Crippen LogP contribution < -0.4 is 11.5 Å². The number of hydrogen-bond acceptors (Lipinski definition) is 4. The lowest BCUT2D eigenvalue weighted by Gasteiger charge is -2.11. The summed E-state index contributed by atoms with van der Waals surface area (Å²) in [7, 11) is 0. The fourth-order valence-corrected chi connectivity index (χ4v) is 2.21. The maximum absolute atomic E-state index is 13.4. The molecule has 118 valence electrons. The van der Waals surface area contributed by atoms with Crippen molar-refractivity contribution in [2.75, 3.05) is 11.5 Å². The van der Waals surface area contributed by atoms with E-state index < -0.39 is 17.6 Å². The quantitative estimate of drug-likeness (QED) is 0.530. The van der Waals surface area contributed by atoms with Crippen LogP contribution in [0.15, 0.2) is 36.4 Å². The lowest BCUT2D eigenvalue weighted by Crippen LogP contribution is -2.08. The summed E-state index contributed by atoms with van der Waals surface area (Å²) in [5.74, 6) is -1.34. The van der Waals surface area contributed by atoms with E-state index >= 15 is 0 Å². The number of alkyl halides is 3. The summed E-state index contributed by atoms with van der Waals surface area (Å²) in [6.07, 6.45) is -4.82. The van der Waals surface area contributed by atoms with Gasteiger partial charge in [-0.15, -0.1) is 0 Å². The Morgan fingerprint density at radius 3 is 2.39 bits per heavy atom. The second kappa shape index (κ2) is 5.08. The van der Waals surface area contributed by atoms with E-state index in [2.05, 4.69) is 9.97 Å². The Labute approximate surface area is 127 Å². The highest BCUT2D eigenvalue weighted by molar-refractivity contribution is 5.96. The average Bonchev–Trinajstić information content (AvgIpc) is 2.47. The summed E-state index contributed by atoms with van der Waals surface area (Å²) in [5, 5.41) is 0.493. The van der Waals surface area contributed by atoms with Crippen molar-refractivity contribution in [1.82, 2.24) is 9.97 Å². The third-order valence-corrected chi connectivity index (χ3v) is 3.32. The second-order valence-corrected chi connectivity index (χ2v) is 4.87. The topological polar surface area (TPSA) is 77.8 Å². The molecule has 0 fully saturated rings. The first kappa shape index (κ1) is 15.0. The monoisotopic (exact) mass is 322 g/mol. The van der Waals surface area contributed by atoms with Crippen molar-refractivity contribution in [3.63, 3.8) is 0 Å². The van der Waals surface area contributed by atoms with Gasteiger partial charge < -0.3 is 11.5 Å². The number of aromatic nitrogens is 2. The summed E-state index contributed by atoms with van der Waals surface area (Å²) >= 11 is 0. The summed E-state index contributed by atoms with van der Waals surface area (Å²) < 4.78 is 51.8. The third-order valence-electron chi connectivity index (χ3n) is 3.32. The van der Waals surface area contributed by atoms with E-state index in [1.54, 1.807) is 18.2 Å². The van der Waals surface area contributed by atoms with E-state index in [4.69, 9.17) is 11.5 Å². The van der Waals surface area contributed by atoms with Gasteiger partial charge in [0.1, 0.15) is 11.6 Å². The molecule has 0 saturated heterocycles. The molecule has 8 heteroatoms. The van der Waals surface area contributed by atoms with Gasteiger partial charge in [0.25, 0.3) is 0 Å². The Morgan fingerprint density at radius 1 is 0.957 bits per heavy atom. The van der Waals surface area contributed by atoms with Crippen molar-refractivity contribution in [3.05, 3.63) is 47.8 Å². The summed E-state index contributed by atoms with van der Waals surface area (Å²) in [4.78, 5) is 8.14. The van der Waals surface area contributed by atoms with Crippen LogP contribution in [0, 0.1) is 5.82 Å². The number of nitrogen functional groups attached to an aromatic ring is 2. The van der Waals surface area contributed by atoms with Gasteiger partial charge in [-0.25, -0.2) is 14.4 Å². The minimum Gasteiger partial charge on any atom is -0.397 e. The van der Waals surface area contributed by atoms with Gasteiger partial charge in [-0.2, -0.15) is 13.2 Å². The number of anilines is 2. The molecule has 1 aromatic heterocycles. The minimum atomic E-state index is -4.82. The molecular formula is C15H10F4N4. The zero-order chi connectivity index (χ0) is 16.8. The highest BCUT2D eigenvalue weighted by atomic mass is 19.4. The largest absolute Gasteiger partial charge is 0.419 e. The van der Waals surface area contributed by atoms with Crippen molar-refractivity contribution in [3.8, 4) is 11.4 Å². The van der Waals surface area contributed by atoms with Gasteiger partial charge in [-0.3, -0.25) is 0 Å². The van der Waals surface area contributed by atoms with Crippen LogP contribution >= 0.6 is 0 Å². The lowest BCUT2D eigenvalue weighted by molar-refractivity contribution is -0.139. The molecule has 4 N–H and O–H groups in total. The fourth-order valence-electron chi connectivity index (χ4n) is 2.21. The first-order chi connectivity index (χ1) is 10.8. The molecule has 3 aromatic rings. The molecule has 0 saturated carbocycles. The van der Waals surface area contributed by atoms with Crippen LogP contribution in [0.5, 0.6) is 0 Å². The molecule has 2 aromatic carbocycles. The number of para-hydroxylation sites is 1. The van der Waals surface area contributed by atoms with Crippen molar-refractivity contribution >= 4 is 22.4 Å². The van der Waals surface area contributed by atoms with Gasteiger partial charge in [0.15, 0.2) is 5.82 Å². The highest BCUT2D eigenvalue weighted by Gasteiger charge is 2.34. The standard InChI is InChI=1S/C15H10F4N4/c16-10-5-4-7(6-9(10)15(17,18)19)14-22-12-8(13(21)23-14)2-1-3-11(12)20/h1-6H,20H2,(H2,21,22,23). The van der Waals surface area contributed by atoms with E-state index in [0.717, 1.165) is 12.1 Å². The zero-order valence-corrected chi connectivity index (χ0v) is 11.5. The molecule has 4 nitrogen and oxygen atoms in total. The van der Waals surface area contributed by atoms with Crippen LogP contribution in [0.2, 0.25) is 0 Å². The summed E-state index contributed by atoms with van der Waals surface area (Å²) in [5.41, 5.74) is 10.9. The van der Waals surface area contributed by atoms with Crippen LogP contribution in [-0.4, -0.2) is 9.97 Å². The number of halogens is 4. The molecule has 0 bridgehead atoms. The average molecular weight is 322 g/mol. The summed E-state index contributed by atoms with van der Waals surface area (Å²) in [6, 6.07) is 7.42. The Bertz CT molecular complexity index is 906. The van der Waals surface area contributed by atoms with Crippen molar-refractivity contribution in [2.45, 2.75) is 6.18 Å². The molecule has 0 aliphatic carbocycles. The van der Waals surface area contributed by atoms with Crippen LogP contribution in [0.25, 0.3) is 22.3 Å². The number of rotatable bonds is 1.